The van der Waals surface area contributed by atoms with Gasteiger partial charge in [0, 0.05) is 18.2 Å². The van der Waals surface area contributed by atoms with Crippen molar-refractivity contribution in [2.75, 3.05) is 13.2 Å². The van der Waals surface area contributed by atoms with Crippen molar-refractivity contribution in [3.63, 3.8) is 0 Å². The topological polar surface area (TPSA) is 18.5 Å². The lowest BCUT2D eigenvalue weighted by atomic mass is 10.6. The molecular weight excluding hydrogens is 188 g/mol. The fraction of sp³-hybridized carbons (Fsp3) is 0.600. The Hall–Kier alpha value is -0.310. The van der Waals surface area contributed by atoms with Crippen LogP contribution in [0.2, 0.25) is 0 Å². The fourth-order valence-corrected chi connectivity index (χ4v) is 0.518. The molecule has 3 heteroatoms. The Morgan fingerprint density at radius 3 is 1.85 bits per heavy atom. The van der Waals surface area contributed by atoms with E-state index in [0.717, 1.165) is 13.2 Å². The quantitative estimate of drug-likeness (QED) is 0.508. The first-order chi connectivity index (χ1) is 6.08. The molecule has 0 heterocycles. The zero-order valence-electron chi connectivity index (χ0n) is 8.68. The second kappa shape index (κ2) is 11.7. The first-order valence-corrected chi connectivity index (χ1v) is 4.66. The molecule has 0 saturated heterocycles. The van der Waals surface area contributed by atoms with Gasteiger partial charge in [-0.2, -0.15) is 0 Å². The van der Waals surface area contributed by atoms with Gasteiger partial charge in [-0.3, -0.25) is 0 Å². The lowest BCUT2D eigenvalue weighted by Crippen LogP contribution is -2.11. The molecule has 78 valence electrons. The minimum atomic E-state index is -0.0370. The van der Waals surface area contributed by atoms with Gasteiger partial charge >= 0.3 is 0 Å². The normalized spacial score (nSPS) is 9.00. The largest absolute Gasteiger partial charge is 0.353 e. The van der Waals surface area contributed by atoms with E-state index in [9.17, 15) is 0 Å². The van der Waals surface area contributed by atoms with Crippen LogP contribution in [0.25, 0.3) is 0 Å². The number of hydrogen-bond donors (Lipinski definition) is 0. The molecule has 0 bridgehead atoms. The highest BCUT2D eigenvalue weighted by Gasteiger charge is 1.94. The lowest BCUT2D eigenvalue weighted by molar-refractivity contribution is -0.123. The van der Waals surface area contributed by atoms with Gasteiger partial charge in [0.15, 0.2) is 6.29 Å². The molecule has 0 N–H and O–H groups in total. The molecule has 0 aromatic rings. The molecule has 13 heavy (non-hydrogen) atoms. The van der Waals surface area contributed by atoms with Gasteiger partial charge in [0.2, 0.25) is 0 Å². The molecule has 0 spiro atoms. The van der Waals surface area contributed by atoms with E-state index in [-0.39, 0.29) is 6.29 Å². The van der Waals surface area contributed by atoms with Crippen LogP contribution < -0.4 is 0 Å². The molecule has 0 unspecified atom stereocenters. The van der Waals surface area contributed by atoms with Crippen molar-refractivity contribution in [2.45, 2.75) is 27.1 Å². The standard InChI is InChI=1S/C6H14O2.C4H5Cl/c1-4-7-6(3)8-5-2;1-3-4(2)5/h6H,4-5H2,1-3H3;3H,1-2H2. The third-order valence-electron chi connectivity index (χ3n) is 1.02. The summed E-state index contributed by atoms with van der Waals surface area (Å²) in [6.07, 6.45) is 1.45. The highest BCUT2D eigenvalue weighted by molar-refractivity contribution is 6.30. The van der Waals surface area contributed by atoms with Gasteiger partial charge in [0.1, 0.15) is 0 Å². The number of hydrogen-bond acceptors (Lipinski definition) is 2. The first-order valence-electron chi connectivity index (χ1n) is 4.28. The van der Waals surface area contributed by atoms with Crippen molar-refractivity contribution < 1.29 is 9.47 Å². The summed E-state index contributed by atoms with van der Waals surface area (Å²) in [4.78, 5) is 0. The van der Waals surface area contributed by atoms with Crippen LogP contribution in [-0.4, -0.2) is 19.5 Å². The Bertz CT molecular complexity index is 129. The van der Waals surface area contributed by atoms with Gasteiger partial charge in [0.25, 0.3) is 0 Å². The first kappa shape index (κ1) is 15.2. The second-order valence-electron chi connectivity index (χ2n) is 2.13. The van der Waals surface area contributed by atoms with Gasteiger partial charge in [-0.25, -0.2) is 0 Å². The number of rotatable bonds is 5. The Labute approximate surface area is 86.2 Å². The van der Waals surface area contributed by atoms with Gasteiger partial charge in [0.05, 0.1) is 0 Å². The minimum absolute atomic E-state index is 0.0370. The lowest BCUT2D eigenvalue weighted by Gasteiger charge is -2.09. The van der Waals surface area contributed by atoms with Crippen molar-refractivity contribution in [2.24, 2.45) is 0 Å². The SMILES string of the molecule is C=CC(=C)Cl.CCOC(C)OCC. The Balaban J connectivity index is 0. The summed E-state index contributed by atoms with van der Waals surface area (Å²) in [5.74, 6) is 0. The summed E-state index contributed by atoms with van der Waals surface area (Å²) in [6.45, 7) is 13.9. The molecule has 2 nitrogen and oxygen atoms in total. The van der Waals surface area contributed by atoms with Crippen LogP contribution in [0.5, 0.6) is 0 Å². The van der Waals surface area contributed by atoms with Crippen molar-refractivity contribution in [3.8, 4) is 0 Å². The maximum absolute atomic E-state index is 5.15. The van der Waals surface area contributed by atoms with Gasteiger partial charge < -0.3 is 9.47 Å². The van der Waals surface area contributed by atoms with E-state index in [2.05, 4.69) is 13.2 Å². The van der Waals surface area contributed by atoms with E-state index < -0.39 is 0 Å². The van der Waals surface area contributed by atoms with Crippen molar-refractivity contribution in [1.29, 1.82) is 0 Å². The molecule has 0 rings (SSSR count). The van der Waals surface area contributed by atoms with Crippen LogP contribution in [0.15, 0.2) is 24.3 Å². The number of allylic oxidation sites excluding steroid dienone is 2. The maximum atomic E-state index is 5.15. The predicted molar refractivity (Wildman–Crippen MR) is 57.9 cm³/mol. The van der Waals surface area contributed by atoms with Crippen molar-refractivity contribution >= 4 is 11.6 Å². The van der Waals surface area contributed by atoms with Gasteiger partial charge in [-0.05, 0) is 20.8 Å². The highest BCUT2D eigenvalue weighted by Crippen LogP contribution is 1.93. The smallest absolute Gasteiger partial charge is 0.154 e. The predicted octanol–water partition coefficient (Wildman–Crippen LogP) is 3.33. The molecule has 0 fully saturated rings. The molecule has 0 aromatic heterocycles. The van der Waals surface area contributed by atoms with Crippen LogP contribution >= 0.6 is 11.6 Å². The Kier molecular flexibility index (Phi) is 13.6. The molecule has 0 saturated carbocycles. The van der Waals surface area contributed by atoms with Gasteiger partial charge in [-0.1, -0.05) is 30.8 Å². The summed E-state index contributed by atoms with van der Waals surface area (Å²) >= 11 is 5.15. The van der Waals surface area contributed by atoms with E-state index in [1.807, 2.05) is 20.8 Å². The van der Waals surface area contributed by atoms with Gasteiger partial charge in [-0.15, -0.1) is 0 Å². The van der Waals surface area contributed by atoms with E-state index in [0.29, 0.717) is 5.03 Å². The molecule has 0 atom stereocenters. The van der Waals surface area contributed by atoms with E-state index in [1.165, 1.54) is 6.08 Å². The van der Waals surface area contributed by atoms with Crippen LogP contribution in [0, 0.1) is 0 Å². The third-order valence-corrected chi connectivity index (χ3v) is 1.18. The van der Waals surface area contributed by atoms with Crippen LogP contribution in [0.1, 0.15) is 20.8 Å². The summed E-state index contributed by atoms with van der Waals surface area (Å²) < 4.78 is 10.1. The summed E-state index contributed by atoms with van der Waals surface area (Å²) in [6, 6.07) is 0. The molecule has 0 aliphatic rings. The average Bonchev–Trinajstić information content (AvgIpc) is 2.06. The molecule has 0 radical (unpaired) electrons. The maximum Gasteiger partial charge on any atom is 0.154 e. The summed E-state index contributed by atoms with van der Waals surface area (Å²) in [5, 5.41) is 0.491. The minimum Gasteiger partial charge on any atom is -0.353 e. The van der Waals surface area contributed by atoms with Crippen LogP contribution in [0.4, 0.5) is 0 Å². The molecule has 0 aliphatic heterocycles. The highest BCUT2D eigenvalue weighted by atomic mass is 35.5. The summed E-state index contributed by atoms with van der Waals surface area (Å²) in [5.41, 5.74) is 0. The van der Waals surface area contributed by atoms with Crippen molar-refractivity contribution in [1.82, 2.24) is 0 Å². The second-order valence-corrected chi connectivity index (χ2v) is 2.61. The Morgan fingerprint density at radius 2 is 1.69 bits per heavy atom. The van der Waals surface area contributed by atoms with E-state index in [1.54, 1.807) is 0 Å². The molecule has 0 amide bonds. The molecular formula is C10H19ClO2. The third kappa shape index (κ3) is 18.6. The summed E-state index contributed by atoms with van der Waals surface area (Å²) in [7, 11) is 0. The number of halogens is 1. The Morgan fingerprint density at radius 1 is 1.38 bits per heavy atom. The zero-order chi connectivity index (χ0) is 10.7. The van der Waals surface area contributed by atoms with E-state index >= 15 is 0 Å². The number of ether oxygens (including phenoxy) is 2. The zero-order valence-corrected chi connectivity index (χ0v) is 9.43. The average molecular weight is 207 g/mol. The van der Waals surface area contributed by atoms with E-state index in [4.69, 9.17) is 21.1 Å². The monoisotopic (exact) mass is 206 g/mol. The van der Waals surface area contributed by atoms with Crippen LogP contribution in [-0.2, 0) is 9.47 Å². The fourth-order valence-electron chi connectivity index (χ4n) is 0.518. The molecule has 0 aliphatic carbocycles. The van der Waals surface area contributed by atoms with Crippen molar-refractivity contribution in [3.05, 3.63) is 24.3 Å². The molecule has 0 aromatic carbocycles. The van der Waals surface area contributed by atoms with Crippen LogP contribution in [0.3, 0.4) is 0 Å².